The van der Waals surface area contributed by atoms with Crippen molar-refractivity contribution < 1.29 is 23.4 Å². The zero-order chi connectivity index (χ0) is 24.8. The van der Waals surface area contributed by atoms with Crippen molar-refractivity contribution in [3.63, 3.8) is 0 Å². The fourth-order valence-corrected chi connectivity index (χ4v) is 5.40. The zero-order valence-corrected chi connectivity index (χ0v) is 20.2. The Morgan fingerprint density at radius 2 is 1.71 bits per heavy atom. The third-order valence-corrected chi connectivity index (χ3v) is 7.53. The van der Waals surface area contributed by atoms with Gasteiger partial charge in [-0.05, 0) is 92.1 Å². The van der Waals surface area contributed by atoms with Crippen molar-refractivity contribution in [3.05, 3.63) is 71.3 Å². The summed E-state index contributed by atoms with van der Waals surface area (Å²) < 4.78 is 31.7. The molecule has 2 aromatic carbocycles. The van der Waals surface area contributed by atoms with Gasteiger partial charge in [0.05, 0.1) is 13.7 Å². The van der Waals surface area contributed by atoms with Crippen molar-refractivity contribution in [1.82, 2.24) is 9.80 Å². The molecule has 35 heavy (non-hydrogen) atoms. The number of piperidine rings is 2. The predicted molar refractivity (Wildman–Crippen MR) is 132 cm³/mol. The summed E-state index contributed by atoms with van der Waals surface area (Å²) in [4.78, 5) is 16.8. The van der Waals surface area contributed by atoms with Gasteiger partial charge in [0, 0.05) is 25.2 Å². The summed E-state index contributed by atoms with van der Waals surface area (Å²) in [5, 5.41) is 10.2. The van der Waals surface area contributed by atoms with Crippen LogP contribution in [0.2, 0.25) is 0 Å². The lowest BCUT2D eigenvalue weighted by Crippen LogP contribution is -2.50. The molecule has 1 atom stereocenters. The summed E-state index contributed by atoms with van der Waals surface area (Å²) in [6.07, 6.45) is 6.74. The van der Waals surface area contributed by atoms with Crippen molar-refractivity contribution in [3.8, 4) is 5.75 Å². The Hall–Kier alpha value is -2.77. The fraction of sp³-hybridized carbons (Fsp3) is 0.464. The Morgan fingerprint density at radius 1 is 1.03 bits per heavy atom. The molecule has 7 heteroatoms. The monoisotopic (exact) mass is 484 g/mol. The third kappa shape index (κ3) is 6.27. The largest absolute Gasteiger partial charge is 0.497 e. The van der Waals surface area contributed by atoms with Crippen molar-refractivity contribution in [2.75, 3.05) is 39.9 Å². The molecule has 2 aliphatic heterocycles. The first-order valence-corrected chi connectivity index (χ1v) is 12.4. The van der Waals surface area contributed by atoms with Gasteiger partial charge in [-0.2, -0.15) is 0 Å². The van der Waals surface area contributed by atoms with Crippen LogP contribution < -0.4 is 4.74 Å². The number of hydrogen-bond donors (Lipinski definition) is 1. The van der Waals surface area contributed by atoms with Crippen LogP contribution in [0.3, 0.4) is 0 Å². The molecule has 2 heterocycles. The average Bonchev–Trinajstić information content (AvgIpc) is 2.90. The summed E-state index contributed by atoms with van der Waals surface area (Å²) >= 11 is 0. The van der Waals surface area contributed by atoms with E-state index in [0.29, 0.717) is 30.5 Å². The number of amides is 1. The third-order valence-electron chi connectivity index (χ3n) is 7.53. The first-order chi connectivity index (χ1) is 17.0. The number of likely N-dealkylation sites (tertiary alicyclic amines) is 2. The maximum Gasteiger partial charge on any atom is 0.246 e. The number of methoxy groups -OCH3 is 1. The lowest BCUT2D eigenvalue weighted by Gasteiger charge is -2.43. The molecule has 4 rings (SSSR count). The van der Waals surface area contributed by atoms with Crippen LogP contribution in [-0.2, 0) is 4.79 Å². The molecule has 2 aliphatic rings. The Labute approximate surface area is 206 Å². The minimum Gasteiger partial charge on any atom is -0.497 e. The quantitative estimate of drug-likeness (QED) is 0.590. The first-order valence-electron chi connectivity index (χ1n) is 12.4. The van der Waals surface area contributed by atoms with E-state index in [1.807, 2.05) is 12.1 Å². The smallest absolute Gasteiger partial charge is 0.246 e. The lowest BCUT2D eigenvalue weighted by molar-refractivity contribution is -0.127. The van der Waals surface area contributed by atoms with E-state index in [-0.39, 0.29) is 18.6 Å². The zero-order valence-electron chi connectivity index (χ0n) is 20.2. The Morgan fingerprint density at radius 3 is 2.31 bits per heavy atom. The van der Waals surface area contributed by atoms with E-state index in [0.717, 1.165) is 56.7 Å². The van der Waals surface area contributed by atoms with Gasteiger partial charge in [0.1, 0.15) is 5.75 Å². The molecule has 0 radical (unpaired) electrons. The molecular formula is C28H34F2N2O3. The van der Waals surface area contributed by atoms with Crippen LogP contribution in [-0.4, -0.2) is 66.8 Å². The topological polar surface area (TPSA) is 53.0 Å². The van der Waals surface area contributed by atoms with Gasteiger partial charge in [-0.15, -0.1) is 0 Å². The van der Waals surface area contributed by atoms with E-state index in [4.69, 9.17) is 4.74 Å². The normalized spacial score (nSPS) is 19.3. The van der Waals surface area contributed by atoms with E-state index < -0.39 is 11.6 Å². The van der Waals surface area contributed by atoms with Gasteiger partial charge < -0.3 is 14.7 Å². The molecule has 1 N–H and O–H groups in total. The number of halogens is 2. The number of ether oxygens (including phenoxy) is 1. The van der Waals surface area contributed by atoms with Gasteiger partial charge in [0.2, 0.25) is 5.91 Å². The van der Waals surface area contributed by atoms with Gasteiger partial charge in [-0.3, -0.25) is 9.69 Å². The molecule has 0 aliphatic carbocycles. The van der Waals surface area contributed by atoms with Gasteiger partial charge in [0.25, 0.3) is 0 Å². The number of carbonyl (C=O) groups excluding carboxylic acids is 1. The second kappa shape index (κ2) is 11.8. The van der Waals surface area contributed by atoms with Crippen LogP contribution in [0.15, 0.2) is 48.5 Å². The SMILES string of the molecule is COc1ccc(C2CCN(C(CO)C3CCN(C(=O)/C=C/c4ccc(F)c(F)c4)CC3)CC2)cc1. The Balaban J connectivity index is 1.26. The first kappa shape index (κ1) is 25.3. The highest BCUT2D eigenvalue weighted by Crippen LogP contribution is 2.32. The van der Waals surface area contributed by atoms with Crippen molar-refractivity contribution in [2.45, 2.75) is 37.6 Å². The molecule has 2 fully saturated rings. The van der Waals surface area contributed by atoms with Crippen molar-refractivity contribution >= 4 is 12.0 Å². The maximum absolute atomic E-state index is 13.4. The molecular weight excluding hydrogens is 450 g/mol. The predicted octanol–water partition coefficient (Wildman–Crippen LogP) is 4.47. The molecule has 2 aromatic rings. The summed E-state index contributed by atoms with van der Waals surface area (Å²) in [7, 11) is 1.68. The molecule has 1 amide bonds. The molecule has 0 saturated carbocycles. The number of carbonyl (C=O) groups is 1. The van der Waals surface area contributed by atoms with Gasteiger partial charge in [0.15, 0.2) is 11.6 Å². The molecule has 0 aromatic heterocycles. The lowest BCUT2D eigenvalue weighted by atomic mass is 9.85. The van der Waals surface area contributed by atoms with Crippen LogP contribution in [0.25, 0.3) is 6.08 Å². The van der Waals surface area contributed by atoms with Crippen LogP contribution in [0, 0.1) is 17.6 Å². The minimum atomic E-state index is -0.927. The van der Waals surface area contributed by atoms with E-state index in [1.54, 1.807) is 12.0 Å². The van der Waals surface area contributed by atoms with Crippen LogP contribution in [0.1, 0.15) is 42.7 Å². The summed E-state index contributed by atoms with van der Waals surface area (Å²) in [5.41, 5.74) is 1.79. The number of benzene rings is 2. The van der Waals surface area contributed by atoms with Crippen molar-refractivity contribution in [2.24, 2.45) is 5.92 Å². The van der Waals surface area contributed by atoms with Crippen LogP contribution in [0.4, 0.5) is 8.78 Å². The Kier molecular flexibility index (Phi) is 8.52. The van der Waals surface area contributed by atoms with Gasteiger partial charge in [-0.25, -0.2) is 8.78 Å². The summed E-state index contributed by atoms with van der Waals surface area (Å²) in [5.74, 6) is -0.221. The molecule has 188 valence electrons. The number of hydrogen-bond acceptors (Lipinski definition) is 4. The molecule has 0 spiro atoms. The number of aliphatic hydroxyl groups excluding tert-OH is 1. The van der Waals surface area contributed by atoms with Crippen LogP contribution >= 0.6 is 0 Å². The average molecular weight is 485 g/mol. The molecule has 0 bridgehead atoms. The summed E-state index contributed by atoms with van der Waals surface area (Å²) in [6, 6.07) is 12.0. The van der Waals surface area contributed by atoms with Gasteiger partial charge in [-0.1, -0.05) is 18.2 Å². The van der Waals surface area contributed by atoms with Crippen LogP contribution in [0.5, 0.6) is 5.75 Å². The van der Waals surface area contributed by atoms with E-state index in [9.17, 15) is 18.7 Å². The molecule has 2 saturated heterocycles. The molecule has 1 unspecified atom stereocenters. The highest BCUT2D eigenvalue weighted by Gasteiger charge is 2.33. The second-order valence-corrected chi connectivity index (χ2v) is 9.50. The standard InChI is InChI=1S/C28H34F2N2O3/c1-35-24-6-4-21(5-7-24)22-10-14-31(15-11-22)27(19-33)23-12-16-32(17-13-23)28(34)9-3-20-2-8-25(29)26(30)18-20/h2-9,18,22-23,27,33H,10-17,19H2,1H3/b9-3+. The summed E-state index contributed by atoms with van der Waals surface area (Å²) in [6.45, 7) is 3.30. The highest BCUT2D eigenvalue weighted by atomic mass is 19.2. The second-order valence-electron chi connectivity index (χ2n) is 9.50. The number of aliphatic hydroxyl groups is 1. The van der Waals surface area contributed by atoms with Crippen molar-refractivity contribution in [1.29, 1.82) is 0 Å². The maximum atomic E-state index is 13.4. The van der Waals surface area contributed by atoms with E-state index in [2.05, 4.69) is 17.0 Å². The molecule has 5 nitrogen and oxygen atoms in total. The Bertz CT molecular complexity index is 1010. The minimum absolute atomic E-state index is 0.113. The highest BCUT2D eigenvalue weighted by molar-refractivity contribution is 5.91. The van der Waals surface area contributed by atoms with Gasteiger partial charge >= 0.3 is 0 Å². The number of nitrogens with zero attached hydrogens (tertiary/aromatic N) is 2. The fourth-order valence-electron chi connectivity index (χ4n) is 5.40. The van der Waals surface area contributed by atoms with E-state index >= 15 is 0 Å². The number of rotatable bonds is 7. The van der Waals surface area contributed by atoms with E-state index in [1.165, 1.54) is 23.8 Å².